The molecule has 0 aliphatic carbocycles. The van der Waals surface area contributed by atoms with Crippen LogP contribution in [0.3, 0.4) is 0 Å². The van der Waals surface area contributed by atoms with Crippen LogP contribution >= 0.6 is 11.6 Å². The number of sulfonamides is 1. The van der Waals surface area contributed by atoms with Crippen molar-refractivity contribution in [2.75, 3.05) is 20.1 Å². The van der Waals surface area contributed by atoms with E-state index in [0.717, 1.165) is 31.2 Å². The second-order valence-corrected chi connectivity index (χ2v) is 9.51. The average molecular weight is 421 g/mol. The zero-order valence-electron chi connectivity index (χ0n) is 16.0. The average Bonchev–Trinajstić information content (AvgIpc) is 2.99. The Morgan fingerprint density at radius 1 is 1.04 bits per heavy atom. The number of halogens is 1. The number of carbonyl (C=O) groups excluding carboxylic acids is 1. The molecule has 0 radical (unpaired) electrons. The Labute approximate surface area is 172 Å². The van der Waals surface area contributed by atoms with Gasteiger partial charge >= 0.3 is 0 Å². The van der Waals surface area contributed by atoms with Crippen LogP contribution in [0.2, 0.25) is 5.02 Å². The molecule has 2 aromatic carbocycles. The summed E-state index contributed by atoms with van der Waals surface area (Å²) in [5, 5.41) is 0.643. The molecule has 0 unspecified atom stereocenters. The van der Waals surface area contributed by atoms with Crippen molar-refractivity contribution in [3.63, 3.8) is 0 Å². The van der Waals surface area contributed by atoms with E-state index in [4.69, 9.17) is 11.6 Å². The first-order valence-electron chi connectivity index (χ1n) is 9.48. The summed E-state index contributed by atoms with van der Waals surface area (Å²) in [6.45, 7) is 1.49. The lowest BCUT2D eigenvalue weighted by molar-refractivity contribution is 0.0785. The number of carbonyl (C=O) groups is 1. The summed E-state index contributed by atoms with van der Waals surface area (Å²) >= 11 is 5.90. The van der Waals surface area contributed by atoms with Gasteiger partial charge in [0.05, 0.1) is 4.90 Å². The van der Waals surface area contributed by atoms with Crippen molar-refractivity contribution in [2.24, 2.45) is 0 Å². The number of benzene rings is 2. The maximum Gasteiger partial charge on any atom is 0.253 e. The van der Waals surface area contributed by atoms with E-state index in [1.165, 1.54) is 6.07 Å². The van der Waals surface area contributed by atoms with Crippen molar-refractivity contribution >= 4 is 27.5 Å². The lowest BCUT2D eigenvalue weighted by Gasteiger charge is -2.21. The van der Waals surface area contributed by atoms with E-state index in [9.17, 15) is 13.2 Å². The van der Waals surface area contributed by atoms with Crippen LogP contribution in [-0.2, 0) is 16.6 Å². The first kappa shape index (κ1) is 20.8. The minimum Gasteiger partial charge on any atom is -0.337 e. The summed E-state index contributed by atoms with van der Waals surface area (Å²) in [6, 6.07) is 13.6. The quantitative estimate of drug-likeness (QED) is 0.729. The standard InChI is InChI=1S/C21H25ClN2O3S/c1-23(16-17-9-11-19(22)12-10-17)21(25)18-7-6-8-20(15-18)28(26,27)24-13-4-2-3-5-14-24/h6-12,15H,2-5,13-14,16H2,1H3. The summed E-state index contributed by atoms with van der Waals surface area (Å²) in [5.41, 5.74) is 1.32. The molecule has 28 heavy (non-hydrogen) atoms. The summed E-state index contributed by atoms with van der Waals surface area (Å²) in [4.78, 5) is 14.6. The zero-order valence-corrected chi connectivity index (χ0v) is 17.5. The van der Waals surface area contributed by atoms with Gasteiger partial charge < -0.3 is 4.90 Å². The highest BCUT2D eigenvalue weighted by molar-refractivity contribution is 7.89. The Hall–Kier alpha value is -1.89. The molecule has 0 N–H and O–H groups in total. The van der Waals surface area contributed by atoms with Crippen molar-refractivity contribution < 1.29 is 13.2 Å². The molecule has 1 fully saturated rings. The number of hydrogen-bond acceptors (Lipinski definition) is 3. The Morgan fingerprint density at radius 3 is 2.32 bits per heavy atom. The van der Waals surface area contributed by atoms with E-state index in [2.05, 4.69) is 0 Å². The molecule has 1 aliphatic rings. The van der Waals surface area contributed by atoms with Gasteiger partial charge in [0.15, 0.2) is 0 Å². The number of amides is 1. The first-order valence-corrected chi connectivity index (χ1v) is 11.3. The molecule has 150 valence electrons. The smallest absolute Gasteiger partial charge is 0.253 e. The number of rotatable bonds is 5. The maximum absolute atomic E-state index is 13.0. The van der Waals surface area contributed by atoms with Crippen molar-refractivity contribution in [2.45, 2.75) is 37.1 Å². The molecule has 1 saturated heterocycles. The van der Waals surface area contributed by atoms with Gasteiger partial charge in [-0.1, -0.05) is 42.6 Å². The molecule has 1 heterocycles. The molecule has 3 rings (SSSR count). The molecule has 0 saturated carbocycles. The topological polar surface area (TPSA) is 57.7 Å². The highest BCUT2D eigenvalue weighted by Crippen LogP contribution is 2.22. The first-order chi connectivity index (χ1) is 13.4. The Kier molecular flexibility index (Phi) is 6.75. The van der Waals surface area contributed by atoms with Crippen molar-refractivity contribution in [1.29, 1.82) is 0 Å². The molecule has 5 nitrogen and oxygen atoms in total. The molecule has 1 amide bonds. The molecule has 1 aliphatic heterocycles. The largest absolute Gasteiger partial charge is 0.337 e. The van der Waals surface area contributed by atoms with Crippen LogP contribution in [0.15, 0.2) is 53.4 Å². The van der Waals surface area contributed by atoms with E-state index < -0.39 is 10.0 Å². The third-order valence-electron chi connectivity index (χ3n) is 4.96. The van der Waals surface area contributed by atoms with Gasteiger partial charge in [-0.15, -0.1) is 0 Å². The van der Waals surface area contributed by atoms with Gasteiger partial charge in [0, 0.05) is 37.3 Å². The van der Waals surface area contributed by atoms with Crippen LogP contribution in [0.1, 0.15) is 41.6 Å². The molecule has 0 aromatic heterocycles. The minimum atomic E-state index is -3.58. The summed E-state index contributed by atoms with van der Waals surface area (Å²) in [6.07, 6.45) is 3.86. The predicted octanol–water partition coefficient (Wildman–Crippen LogP) is 4.18. The van der Waals surface area contributed by atoms with Crippen LogP contribution in [0, 0.1) is 0 Å². The number of hydrogen-bond donors (Lipinski definition) is 0. The highest BCUT2D eigenvalue weighted by Gasteiger charge is 2.26. The highest BCUT2D eigenvalue weighted by atomic mass is 35.5. The molecular weight excluding hydrogens is 396 g/mol. The molecule has 0 spiro atoms. The predicted molar refractivity (Wildman–Crippen MR) is 111 cm³/mol. The van der Waals surface area contributed by atoms with Crippen LogP contribution in [0.4, 0.5) is 0 Å². The van der Waals surface area contributed by atoms with Crippen LogP contribution < -0.4 is 0 Å². The fraction of sp³-hybridized carbons (Fsp3) is 0.381. The monoisotopic (exact) mass is 420 g/mol. The molecule has 7 heteroatoms. The molecular formula is C21H25ClN2O3S. The van der Waals surface area contributed by atoms with Gasteiger partial charge in [-0.2, -0.15) is 4.31 Å². The lowest BCUT2D eigenvalue weighted by Crippen LogP contribution is -2.32. The lowest BCUT2D eigenvalue weighted by atomic mass is 10.1. The summed E-state index contributed by atoms with van der Waals surface area (Å²) in [7, 11) is -1.88. The third kappa shape index (κ3) is 4.93. The van der Waals surface area contributed by atoms with Crippen molar-refractivity contribution in [3.8, 4) is 0 Å². The minimum absolute atomic E-state index is 0.181. The number of nitrogens with zero attached hydrogens (tertiary/aromatic N) is 2. The molecule has 2 aromatic rings. The van der Waals surface area contributed by atoms with Crippen LogP contribution in [0.25, 0.3) is 0 Å². The van der Waals surface area contributed by atoms with Gasteiger partial charge in [0.1, 0.15) is 0 Å². The van der Waals surface area contributed by atoms with Gasteiger partial charge in [-0.25, -0.2) is 8.42 Å². The zero-order chi connectivity index (χ0) is 20.1. The van der Waals surface area contributed by atoms with E-state index >= 15 is 0 Å². The Balaban J connectivity index is 1.77. The van der Waals surface area contributed by atoms with Crippen LogP contribution in [0.5, 0.6) is 0 Å². The van der Waals surface area contributed by atoms with Gasteiger partial charge in [0.2, 0.25) is 10.0 Å². The Morgan fingerprint density at radius 2 is 1.68 bits per heavy atom. The molecule has 0 bridgehead atoms. The third-order valence-corrected chi connectivity index (χ3v) is 7.11. The summed E-state index contributed by atoms with van der Waals surface area (Å²) < 4.78 is 27.5. The SMILES string of the molecule is CN(Cc1ccc(Cl)cc1)C(=O)c1cccc(S(=O)(=O)N2CCCCCC2)c1. The van der Waals surface area contributed by atoms with Gasteiger partial charge in [-0.05, 0) is 48.7 Å². The normalized spacial score (nSPS) is 15.8. The van der Waals surface area contributed by atoms with E-state index in [0.29, 0.717) is 30.2 Å². The van der Waals surface area contributed by atoms with E-state index in [1.54, 1.807) is 46.6 Å². The fourth-order valence-corrected chi connectivity index (χ4v) is 5.07. The fourth-order valence-electron chi connectivity index (χ4n) is 3.38. The van der Waals surface area contributed by atoms with Crippen LogP contribution in [-0.4, -0.2) is 43.7 Å². The summed E-state index contributed by atoms with van der Waals surface area (Å²) in [5.74, 6) is -0.220. The van der Waals surface area contributed by atoms with Gasteiger partial charge in [0.25, 0.3) is 5.91 Å². The Bertz CT molecular complexity index is 921. The van der Waals surface area contributed by atoms with Gasteiger partial charge in [-0.3, -0.25) is 4.79 Å². The van der Waals surface area contributed by atoms with E-state index in [-0.39, 0.29) is 10.8 Å². The molecule has 0 atom stereocenters. The second-order valence-electron chi connectivity index (χ2n) is 7.13. The van der Waals surface area contributed by atoms with Crippen molar-refractivity contribution in [3.05, 3.63) is 64.7 Å². The van der Waals surface area contributed by atoms with Crippen molar-refractivity contribution in [1.82, 2.24) is 9.21 Å². The van der Waals surface area contributed by atoms with E-state index in [1.807, 2.05) is 12.1 Å². The maximum atomic E-state index is 13.0. The second kappa shape index (κ2) is 9.07.